The maximum Gasteiger partial charge on any atom is 0.255 e. The van der Waals surface area contributed by atoms with E-state index in [2.05, 4.69) is 17.9 Å². The minimum atomic E-state index is -0.226. The van der Waals surface area contributed by atoms with Crippen molar-refractivity contribution in [3.63, 3.8) is 0 Å². The molecule has 0 heterocycles. The number of thiol groups is 1. The lowest BCUT2D eigenvalue weighted by molar-refractivity contribution is 0.102. The Morgan fingerprint density at radius 2 is 1.38 bits per heavy atom. The van der Waals surface area contributed by atoms with Gasteiger partial charge >= 0.3 is 0 Å². The number of hydrogen-bond acceptors (Lipinski definition) is 3. The quantitative estimate of drug-likeness (QED) is 0.377. The fourth-order valence-electron chi connectivity index (χ4n) is 2.37. The van der Waals surface area contributed by atoms with Gasteiger partial charge in [0.25, 0.3) is 5.91 Å². The van der Waals surface area contributed by atoms with Crippen molar-refractivity contribution in [3.8, 4) is 0 Å². The van der Waals surface area contributed by atoms with Crippen LogP contribution in [0.4, 0.5) is 5.69 Å². The maximum absolute atomic E-state index is 12.3. The number of rotatable bonds is 5. The second-order valence-corrected chi connectivity index (χ2v) is 6.20. The van der Waals surface area contributed by atoms with Crippen LogP contribution in [0, 0.1) is 0 Å². The smallest absolute Gasteiger partial charge is 0.255 e. The third-order valence-corrected chi connectivity index (χ3v) is 4.08. The Balaban J connectivity index is 1.65. The Hall–Kier alpha value is -3.11. The average Bonchev–Trinajstić information content (AvgIpc) is 2.69. The van der Waals surface area contributed by atoms with Gasteiger partial charge in [-0.2, -0.15) is 0 Å². The molecule has 1 N–H and O–H groups in total. The van der Waals surface area contributed by atoms with Crippen LogP contribution in [0.2, 0.25) is 0 Å². The van der Waals surface area contributed by atoms with Gasteiger partial charge in [-0.1, -0.05) is 48.5 Å². The predicted molar refractivity (Wildman–Crippen MR) is 108 cm³/mol. The molecule has 0 atom stereocenters. The van der Waals surface area contributed by atoms with Crippen LogP contribution in [0.5, 0.6) is 0 Å². The van der Waals surface area contributed by atoms with Gasteiger partial charge in [0, 0.05) is 21.7 Å². The monoisotopic (exact) mass is 359 g/mol. The van der Waals surface area contributed by atoms with Crippen LogP contribution in [0.3, 0.4) is 0 Å². The second-order valence-electron chi connectivity index (χ2n) is 5.69. The van der Waals surface area contributed by atoms with Gasteiger partial charge in [0.05, 0.1) is 0 Å². The Morgan fingerprint density at radius 3 is 2.04 bits per heavy atom. The van der Waals surface area contributed by atoms with Crippen molar-refractivity contribution in [1.29, 1.82) is 0 Å². The van der Waals surface area contributed by atoms with E-state index in [1.165, 1.54) is 6.08 Å². The summed E-state index contributed by atoms with van der Waals surface area (Å²) in [5, 5.41) is 2.81. The van der Waals surface area contributed by atoms with Gasteiger partial charge in [-0.3, -0.25) is 9.59 Å². The Labute approximate surface area is 157 Å². The number of allylic oxidation sites excluding steroid dienone is 1. The molecule has 0 bridgehead atoms. The van der Waals surface area contributed by atoms with Crippen molar-refractivity contribution in [3.05, 3.63) is 102 Å². The highest BCUT2D eigenvalue weighted by Gasteiger charge is 2.08. The lowest BCUT2D eigenvalue weighted by atomic mass is 10.1. The molecule has 3 rings (SSSR count). The highest BCUT2D eigenvalue weighted by atomic mass is 32.1. The molecular formula is C22H17NO2S. The molecule has 128 valence electrons. The predicted octanol–water partition coefficient (Wildman–Crippen LogP) is 5.12. The van der Waals surface area contributed by atoms with E-state index in [9.17, 15) is 9.59 Å². The molecule has 4 heteroatoms. The van der Waals surface area contributed by atoms with Crippen molar-refractivity contribution in [2.75, 3.05) is 5.32 Å². The van der Waals surface area contributed by atoms with Crippen LogP contribution in [0.1, 0.15) is 26.3 Å². The number of benzene rings is 3. The molecule has 0 spiro atoms. The fourth-order valence-corrected chi connectivity index (χ4v) is 2.52. The van der Waals surface area contributed by atoms with Crippen molar-refractivity contribution < 1.29 is 9.59 Å². The first-order valence-electron chi connectivity index (χ1n) is 8.10. The molecule has 26 heavy (non-hydrogen) atoms. The molecule has 3 nitrogen and oxygen atoms in total. The third-order valence-electron chi connectivity index (χ3n) is 3.78. The number of nitrogens with one attached hydrogen (secondary N) is 1. The van der Waals surface area contributed by atoms with Crippen LogP contribution in [-0.2, 0) is 0 Å². The summed E-state index contributed by atoms with van der Waals surface area (Å²) in [6, 6.07) is 23.4. The minimum absolute atomic E-state index is 0.106. The van der Waals surface area contributed by atoms with E-state index >= 15 is 0 Å². The number of ketones is 1. The van der Waals surface area contributed by atoms with Gasteiger partial charge < -0.3 is 5.32 Å². The SMILES string of the molecule is O=C(/C=C/c1ccccc1)c1ccc(C(=O)Nc2ccc(S)cc2)cc1. The molecule has 0 aliphatic carbocycles. The number of amides is 1. The molecule has 0 saturated carbocycles. The molecule has 0 fully saturated rings. The van der Waals surface area contributed by atoms with E-state index in [1.807, 2.05) is 30.3 Å². The zero-order valence-electron chi connectivity index (χ0n) is 13.9. The molecule has 0 radical (unpaired) electrons. The molecule has 3 aromatic carbocycles. The van der Waals surface area contributed by atoms with E-state index < -0.39 is 0 Å². The number of anilines is 1. The summed E-state index contributed by atoms with van der Waals surface area (Å²) in [6.45, 7) is 0. The van der Waals surface area contributed by atoms with Gasteiger partial charge in [0.2, 0.25) is 0 Å². The maximum atomic E-state index is 12.3. The summed E-state index contributed by atoms with van der Waals surface area (Å²) in [7, 11) is 0. The van der Waals surface area contributed by atoms with E-state index in [0.29, 0.717) is 16.8 Å². The molecular weight excluding hydrogens is 342 g/mol. The lowest BCUT2D eigenvalue weighted by Crippen LogP contribution is -2.12. The largest absolute Gasteiger partial charge is 0.322 e. The lowest BCUT2D eigenvalue weighted by Gasteiger charge is -2.06. The Morgan fingerprint density at radius 1 is 0.769 bits per heavy atom. The van der Waals surface area contributed by atoms with Gasteiger partial charge in [-0.15, -0.1) is 12.6 Å². The van der Waals surface area contributed by atoms with E-state index in [-0.39, 0.29) is 11.7 Å². The third kappa shape index (κ3) is 4.71. The van der Waals surface area contributed by atoms with E-state index in [0.717, 1.165) is 10.5 Å². The van der Waals surface area contributed by atoms with Crippen LogP contribution >= 0.6 is 12.6 Å². The van der Waals surface area contributed by atoms with Crippen LogP contribution < -0.4 is 5.32 Å². The number of carbonyl (C=O) groups excluding carboxylic acids is 2. The van der Waals surface area contributed by atoms with Gasteiger partial charge in [0.15, 0.2) is 5.78 Å². The summed E-state index contributed by atoms with van der Waals surface area (Å²) in [5.41, 5.74) is 2.68. The molecule has 0 saturated heterocycles. The van der Waals surface area contributed by atoms with Gasteiger partial charge in [0.1, 0.15) is 0 Å². The average molecular weight is 359 g/mol. The summed E-state index contributed by atoms with van der Waals surface area (Å²) < 4.78 is 0. The summed E-state index contributed by atoms with van der Waals surface area (Å²) >= 11 is 4.21. The van der Waals surface area contributed by atoms with Gasteiger partial charge in [-0.25, -0.2) is 0 Å². The van der Waals surface area contributed by atoms with Crippen LogP contribution in [-0.4, -0.2) is 11.7 Å². The number of carbonyl (C=O) groups is 2. The normalized spacial score (nSPS) is 10.7. The molecule has 0 aliphatic heterocycles. The first-order chi connectivity index (χ1) is 12.6. The molecule has 3 aromatic rings. The van der Waals surface area contributed by atoms with E-state index in [1.54, 1.807) is 54.6 Å². The fraction of sp³-hybridized carbons (Fsp3) is 0. The molecule has 0 aromatic heterocycles. The van der Waals surface area contributed by atoms with Crippen molar-refractivity contribution in [2.45, 2.75) is 4.90 Å². The number of hydrogen-bond donors (Lipinski definition) is 2. The summed E-state index contributed by atoms with van der Waals surface area (Å²) in [5.74, 6) is -0.332. The minimum Gasteiger partial charge on any atom is -0.322 e. The Kier molecular flexibility index (Phi) is 5.66. The van der Waals surface area contributed by atoms with Crippen molar-refractivity contribution in [1.82, 2.24) is 0 Å². The molecule has 0 unspecified atom stereocenters. The summed E-state index contributed by atoms with van der Waals surface area (Å²) in [6.07, 6.45) is 3.30. The van der Waals surface area contributed by atoms with Crippen molar-refractivity contribution in [2.24, 2.45) is 0 Å². The topological polar surface area (TPSA) is 46.2 Å². The standard InChI is InChI=1S/C22H17NO2S/c24-21(15-6-16-4-2-1-3-5-16)17-7-9-18(10-8-17)22(25)23-19-11-13-20(26)14-12-19/h1-15,26H,(H,23,25)/b15-6+. The highest BCUT2D eigenvalue weighted by Crippen LogP contribution is 2.14. The zero-order chi connectivity index (χ0) is 18.4. The molecule has 1 amide bonds. The highest BCUT2D eigenvalue weighted by molar-refractivity contribution is 7.80. The Bertz CT molecular complexity index is 930. The van der Waals surface area contributed by atoms with Crippen molar-refractivity contribution >= 4 is 36.1 Å². The first kappa shape index (κ1) is 17.7. The van der Waals surface area contributed by atoms with Crippen LogP contribution in [0.25, 0.3) is 6.08 Å². The molecule has 0 aliphatic rings. The first-order valence-corrected chi connectivity index (χ1v) is 8.54. The summed E-state index contributed by atoms with van der Waals surface area (Å²) in [4.78, 5) is 25.3. The van der Waals surface area contributed by atoms with E-state index in [4.69, 9.17) is 0 Å². The van der Waals surface area contributed by atoms with Crippen LogP contribution in [0.15, 0.2) is 89.8 Å². The zero-order valence-corrected chi connectivity index (χ0v) is 14.8. The second kappa shape index (κ2) is 8.32. The van der Waals surface area contributed by atoms with Gasteiger partial charge in [-0.05, 0) is 48.0 Å².